The minimum Gasteiger partial charge on any atom is -0.506 e. The highest BCUT2D eigenvalue weighted by Crippen LogP contribution is 2.24. The van der Waals surface area contributed by atoms with E-state index in [1.165, 1.54) is 12.1 Å². The van der Waals surface area contributed by atoms with Gasteiger partial charge in [0.25, 0.3) is 5.91 Å². The second-order valence-electron chi connectivity index (χ2n) is 4.31. The highest BCUT2D eigenvalue weighted by atomic mass is 35.5. The number of aromatic hydroxyl groups is 1. The molecule has 2 aromatic rings. The zero-order valence-electron chi connectivity index (χ0n) is 10.5. The average molecular weight is 276 g/mol. The molecule has 1 N–H and O–H groups in total. The molecule has 1 amide bonds. The molecule has 3 nitrogen and oxygen atoms in total. The van der Waals surface area contributed by atoms with Gasteiger partial charge in [-0.1, -0.05) is 41.9 Å². The number of benzene rings is 2. The minimum absolute atomic E-state index is 0.0241. The molecule has 0 bridgehead atoms. The van der Waals surface area contributed by atoms with Crippen LogP contribution in [0.15, 0.2) is 48.5 Å². The van der Waals surface area contributed by atoms with Crippen LogP contribution in [0.5, 0.6) is 5.75 Å². The van der Waals surface area contributed by atoms with Crippen molar-refractivity contribution in [2.45, 2.75) is 6.54 Å². The molecular formula is C15H14ClNO2. The van der Waals surface area contributed by atoms with Crippen LogP contribution in [0.1, 0.15) is 15.9 Å². The van der Waals surface area contributed by atoms with Gasteiger partial charge in [-0.25, -0.2) is 0 Å². The number of phenols is 1. The van der Waals surface area contributed by atoms with E-state index in [-0.39, 0.29) is 16.7 Å². The van der Waals surface area contributed by atoms with Gasteiger partial charge in [0.2, 0.25) is 0 Å². The van der Waals surface area contributed by atoms with Crippen LogP contribution >= 0.6 is 11.6 Å². The van der Waals surface area contributed by atoms with Gasteiger partial charge in [0.15, 0.2) is 0 Å². The summed E-state index contributed by atoms with van der Waals surface area (Å²) in [5.74, 6) is -0.158. The first-order chi connectivity index (χ1) is 9.08. The molecule has 2 rings (SSSR count). The number of carbonyl (C=O) groups is 1. The molecule has 0 aliphatic carbocycles. The molecule has 0 heterocycles. The van der Waals surface area contributed by atoms with Gasteiger partial charge in [-0.2, -0.15) is 0 Å². The van der Waals surface area contributed by atoms with Gasteiger partial charge in [0.1, 0.15) is 5.75 Å². The maximum absolute atomic E-state index is 12.2. The number of carbonyl (C=O) groups excluding carboxylic acids is 1. The van der Waals surface area contributed by atoms with Gasteiger partial charge in [-0.15, -0.1) is 0 Å². The van der Waals surface area contributed by atoms with Gasteiger partial charge in [0.05, 0.1) is 5.02 Å². The molecule has 19 heavy (non-hydrogen) atoms. The van der Waals surface area contributed by atoms with Crippen molar-refractivity contribution < 1.29 is 9.90 Å². The lowest BCUT2D eigenvalue weighted by Gasteiger charge is -2.17. The summed E-state index contributed by atoms with van der Waals surface area (Å²) >= 11 is 5.80. The first-order valence-electron chi connectivity index (χ1n) is 5.86. The molecule has 0 aromatic heterocycles. The highest BCUT2D eigenvalue weighted by molar-refractivity contribution is 6.32. The summed E-state index contributed by atoms with van der Waals surface area (Å²) in [6, 6.07) is 14.2. The van der Waals surface area contributed by atoms with E-state index >= 15 is 0 Å². The molecule has 0 spiro atoms. The third-order valence-corrected chi connectivity index (χ3v) is 3.11. The van der Waals surface area contributed by atoms with Crippen LogP contribution in [0.2, 0.25) is 5.02 Å². The summed E-state index contributed by atoms with van der Waals surface area (Å²) in [5, 5.41) is 9.52. The summed E-state index contributed by atoms with van der Waals surface area (Å²) in [6.45, 7) is 0.526. The van der Waals surface area contributed by atoms with Crippen molar-refractivity contribution >= 4 is 17.5 Å². The Balaban J connectivity index is 2.12. The molecule has 0 atom stereocenters. The zero-order chi connectivity index (χ0) is 13.8. The topological polar surface area (TPSA) is 40.5 Å². The summed E-state index contributed by atoms with van der Waals surface area (Å²) in [5.41, 5.74) is 1.52. The van der Waals surface area contributed by atoms with Crippen LogP contribution in [0.4, 0.5) is 0 Å². The second-order valence-corrected chi connectivity index (χ2v) is 4.72. The Labute approximate surface area is 117 Å². The lowest BCUT2D eigenvalue weighted by molar-refractivity contribution is 0.0785. The lowest BCUT2D eigenvalue weighted by atomic mass is 10.1. The van der Waals surface area contributed by atoms with Crippen LogP contribution in [-0.2, 0) is 6.54 Å². The molecule has 0 saturated carbocycles. The van der Waals surface area contributed by atoms with Gasteiger partial charge >= 0.3 is 0 Å². The molecule has 0 aliphatic rings. The maximum atomic E-state index is 12.2. The quantitative estimate of drug-likeness (QED) is 0.933. The minimum atomic E-state index is -0.134. The fourth-order valence-corrected chi connectivity index (χ4v) is 1.97. The first-order valence-corrected chi connectivity index (χ1v) is 6.23. The van der Waals surface area contributed by atoms with Crippen molar-refractivity contribution in [2.24, 2.45) is 0 Å². The smallest absolute Gasteiger partial charge is 0.253 e. The number of hydrogen-bond donors (Lipinski definition) is 1. The van der Waals surface area contributed by atoms with Crippen molar-refractivity contribution in [2.75, 3.05) is 7.05 Å². The maximum Gasteiger partial charge on any atom is 0.253 e. The van der Waals surface area contributed by atoms with Crippen molar-refractivity contribution in [1.82, 2.24) is 4.90 Å². The molecule has 0 radical (unpaired) electrons. The average Bonchev–Trinajstić information content (AvgIpc) is 2.42. The normalized spacial score (nSPS) is 10.2. The summed E-state index contributed by atoms with van der Waals surface area (Å²) in [4.78, 5) is 13.8. The highest BCUT2D eigenvalue weighted by Gasteiger charge is 2.13. The van der Waals surface area contributed by atoms with Crippen LogP contribution in [0, 0.1) is 0 Å². The molecule has 2 aromatic carbocycles. The van der Waals surface area contributed by atoms with Gasteiger partial charge in [-0.05, 0) is 23.8 Å². The Bertz CT molecular complexity index is 584. The number of nitrogens with zero attached hydrogens (tertiary/aromatic N) is 1. The summed E-state index contributed by atoms with van der Waals surface area (Å²) in [6.07, 6.45) is 0. The molecular weight excluding hydrogens is 262 g/mol. The third-order valence-electron chi connectivity index (χ3n) is 2.80. The van der Waals surface area contributed by atoms with E-state index in [1.54, 1.807) is 18.0 Å². The SMILES string of the molecule is CN(Cc1ccccc1)C(=O)c1ccc(O)c(Cl)c1. The van der Waals surface area contributed by atoms with Crippen LogP contribution in [-0.4, -0.2) is 23.0 Å². The molecule has 0 fully saturated rings. The Morgan fingerprint density at radius 3 is 2.53 bits per heavy atom. The first kappa shape index (κ1) is 13.4. The van der Waals surface area contributed by atoms with E-state index in [0.29, 0.717) is 12.1 Å². The van der Waals surface area contributed by atoms with Crippen LogP contribution < -0.4 is 0 Å². The predicted octanol–water partition coefficient (Wildman–Crippen LogP) is 3.32. The summed E-state index contributed by atoms with van der Waals surface area (Å²) in [7, 11) is 1.73. The fourth-order valence-electron chi connectivity index (χ4n) is 1.79. The van der Waals surface area contributed by atoms with Crippen molar-refractivity contribution in [1.29, 1.82) is 0 Å². The molecule has 0 unspecified atom stereocenters. The second kappa shape index (κ2) is 5.76. The number of amides is 1. The number of rotatable bonds is 3. The monoisotopic (exact) mass is 275 g/mol. The van der Waals surface area contributed by atoms with Crippen molar-refractivity contribution in [3.8, 4) is 5.75 Å². The Kier molecular flexibility index (Phi) is 4.07. The van der Waals surface area contributed by atoms with E-state index in [1.807, 2.05) is 30.3 Å². The third kappa shape index (κ3) is 3.26. The Hall–Kier alpha value is -2.00. The zero-order valence-corrected chi connectivity index (χ0v) is 11.3. The number of phenolic OH excluding ortho intramolecular Hbond substituents is 1. The van der Waals surface area contributed by atoms with Gasteiger partial charge in [-0.3, -0.25) is 4.79 Å². The Morgan fingerprint density at radius 2 is 1.89 bits per heavy atom. The molecule has 98 valence electrons. The van der Waals surface area contributed by atoms with Crippen molar-refractivity contribution in [3.05, 3.63) is 64.7 Å². The summed E-state index contributed by atoms with van der Waals surface area (Å²) < 4.78 is 0. The van der Waals surface area contributed by atoms with Crippen LogP contribution in [0.3, 0.4) is 0 Å². The molecule has 4 heteroatoms. The number of halogens is 1. The fraction of sp³-hybridized carbons (Fsp3) is 0.133. The largest absolute Gasteiger partial charge is 0.506 e. The van der Waals surface area contributed by atoms with E-state index < -0.39 is 0 Å². The van der Waals surface area contributed by atoms with Crippen LogP contribution in [0.25, 0.3) is 0 Å². The van der Waals surface area contributed by atoms with E-state index in [9.17, 15) is 9.90 Å². The van der Waals surface area contributed by atoms with E-state index in [0.717, 1.165) is 5.56 Å². The lowest BCUT2D eigenvalue weighted by Crippen LogP contribution is -2.26. The van der Waals surface area contributed by atoms with E-state index in [4.69, 9.17) is 11.6 Å². The number of hydrogen-bond acceptors (Lipinski definition) is 2. The van der Waals surface area contributed by atoms with Crippen molar-refractivity contribution in [3.63, 3.8) is 0 Å². The van der Waals surface area contributed by atoms with Gasteiger partial charge in [0, 0.05) is 19.2 Å². The predicted molar refractivity (Wildman–Crippen MR) is 75.4 cm³/mol. The van der Waals surface area contributed by atoms with E-state index in [2.05, 4.69) is 0 Å². The molecule has 0 saturated heterocycles. The standard InChI is InChI=1S/C15H14ClNO2/c1-17(10-11-5-3-2-4-6-11)15(19)12-7-8-14(18)13(16)9-12/h2-9,18H,10H2,1H3. The van der Waals surface area contributed by atoms with Gasteiger partial charge < -0.3 is 10.0 Å². The Morgan fingerprint density at radius 1 is 1.21 bits per heavy atom. The molecule has 0 aliphatic heterocycles.